The van der Waals surface area contributed by atoms with Crippen molar-refractivity contribution in [3.8, 4) is 0 Å². The summed E-state index contributed by atoms with van der Waals surface area (Å²) in [7, 11) is 0. The van der Waals surface area contributed by atoms with E-state index < -0.39 is 0 Å². The average Bonchev–Trinajstić information content (AvgIpc) is 2.72. The molecule has 0 amide bonds. The molecule has 0 bridgehead atoms. The molecule has 1 aromatic carbocycles. The molecule has 1 aliphatic heterocycles. The van der Waals surface area contributed by atoms with Gasteiger partial charge in [0, 0.05) is 34.8 Å². The van der Waals surface area contributed by atoms with Gasteiger partial charge in [-0.3, -0.25) is 0 Å². The van der Waals surface area contributed by atoms with E-state index in [9.17, 15) is 0 Å². The number of fused-ring (bicyclic) bond motifs is 1. The minimum absolute atomic E-state index is 0.316. The molecule has 0 aliphatic carbocycles. The average molecular weight is 246 g/mol. The SMILES string of the molecule is Cc1ccc2[nH]cc(C3CSCCC3N)c2c1. The normalized spacial score (nSPS) is 25.3. The topological polar surface area (TPSA) is 41.8 Å². The van der Waals surface area contributed by atoms with Crippen molar-refractivity contribution in [1.29, 1.82) is 0 Å². The number of hydrogen-bond donors (Lipinski definition) is 2. The van der Waals surface area contributed by atoms with Crippen LogP contribution in [-0.2, 0) is 0 Å². The van der Waals surface area contributed by atoms with E-state index in [0.29, 0.717) is 12.0 Å². The molecule has 90 valence electrons. The van der Waals surface area contributed by atoms with Crippen molar-refractivity contribution in [1.82, 2.24) is 4.98 Å². The summed E-state index contributed by atoms with van der Waals surface area (Å²) < 4.78 is 0. The van der Waals surface area contributed by atoms with Crippen LogP contribution >= 0.6 is 11.8 Å². The van der Waals surface area contributed by atoms with Crippen molar-refractivity contribution in [3.63, 3.8) is 0 Å². The van der Waals surface area contributed by atoms with E-state index in [1.807, 2.05) is 11.8 Å². The van der Waals surface area contributed by atoms with E-state index in [-0.39, 0.29) is 0 Å². The molecule has 17 heavy (non-hydrogen) atoms. The summed E-state index contributed by atoms with van der Waals surface area (Å²) >= 11 is 2.02. The fourth-order valence-electron chi connectivity index (χ4n) is 2.64. The summed E-state index contributed by atoms with van der Waals surface area (Å²) in [5.41, 5.74) is 10.2. The van der Waals surface area contributed by atoms with Crippen molar-refractivity contribution in [2.75, 3.05) is 11.5 Å². The fraction of sp³-hybridized carbons (Fsp3) is 0.429. The quantitative estimate of drug-likeness (QED) is 0.812. The second-order valence-corrected chi connectivity index (χ2v) is 6.08. The van der Waals surface area contributed by atoms with E-state index in [1.165, 1.54) is 27.8 Å². The minimum Gasteiger partial charge on any atom is -0.361 e. The van der Waals surface area contributed by atoms with Gasteiger partial charge in [0.25, 0.3) is 0 Å². The summed E-state index contributed by atoms with van der Waals surface area (Å²) in [5, 5.41) is 1.35. The summed E-state index contributed by atoms with van der Waals surface area (Å²) in [6.07, 6.45) is 3.29. The Balaban J connectivity index is 2.07. The molecule has 3 rings (SSSR count). The number of H-pyrrole nitrogens is 1. The molecule has 2 heterocycles. The first kappa shape index (κ1) is 11.2. The molecule has 1 aromatic heterocycles. The number of rotatable bonds is 1. The number of aryl methyl sites for hydroxylation is 1. The van der Waals surface area contributed by atoms with Crippen LogP contribution < -0.4 is 5.73 Å². The van der Waals surface area contributed by atoms with Crippen LogP contribution in [0.3, 0.4) is 0 Å². The van der Waals surface area contributed by atoms with Crippen LogP contribution in [0.15, 0.2) is 24.4 Å². The monoisotopic (exact) mass is 246 g/mol. The summed E-state index contributed by atoms with van der Waals surface area (Å²) in [6, 6.07) is 6.90. The predicted octanol–water partition coefficient (Wildman–Crippen LogP) is 3.02. The van der Waals surface area contributed by atoms with Crippen LogP contribution in [0.4, 0.5) is 0 Å². The standard InChI is InChI=1S/C14H18N2S/c1-9-2-3-14-10(6-9)11(7-16-14)12-8-17-5-4-13(12)15/h2-3,6-7,12-13,16H,4-5,8,15H2,1H3. The van der Waals surface area contributed by atoms with Gasteiger partial charge in [-0.2, -0.15) is 11.8 Å². The Kier molecular flexibility index (Phi) is 2.89. The van der Waals surface area contributed by atoms with Crippen LogP contribution in [-0.4, -0.2) is 22.5 Å². The largest absolute Gasteiger partial charge is 0.361 e. The van der Waals surface area contributed by atoms with Gasteiger partial charge in [0.05, 0.1) is 0 Å². The molecule has 0 saturated carbocycles. The third-order valence-electron chi connectivity index (χ3n) is 3.68. The van der Waals surface area contributed by atoms with Gasteiger partial charge in [0.15, 0.2) is 0 Å². The Bertz CT molecular complexity index is 532. The van der Waals surface area contributed by atoms with Crippen molar-refractivity contribution >= 4 is 22.7 Å². The number of thioether (sulfide) groups is 1. The van der Waals surface area contributed by atoms with E-state index in [2.05, 4.69) is 36.3 Å². The number of hydrogen-bond acceptors (Lipinski definition) is 2. The lowest BCUT2D eigenvalue weighted by Crippen LogP contribution is -2.33. The first-order chi connectivity index (χ1) is 8.25. The zero-order valence-corrected chi connectivity index (χ0v) is 10.9. The van der Waals surface area contributed by atoms with E-state index in [4.69, 9.17) is 5.73 Å². The van der Waals surface area contributed by atoms with Gasteiger partial charge in [0.1, 0.15) is 0 Å². The van der Waals surface area contributed by atoms with Crippen LogP contribution in [0.25, 0.3) is 10.9 Å². The Labute approximate surface area is 106 Å². The van der Waals surface area contributed by atoms with Crippen molar-refractivity contribution in [2.45, 2.75) is 25.3 Å². The molecule has 1 saturated heterocycles. The maximum Gasteiger partial charge on any atom is 0.0457 e. The van der Waals surface area contributed by atoms with Gasteiger partial charge in [-0.05, 0) is 36.8 Å². The summed E-state index contributed by atoms with van der Waals surface area (Å²) in [6.45, 7) is 2.14. The highest BCUT2D eigenvalue weighted by molar-refractivity contribution is 7.99. The smallest absolute Gasteiger partial charge is 0.0457 e. The lowest BCUT2D eigenvalue weighted by molar-refractivity contribution is 0.551. The first-order valence-corrected chi connectivity index (χ1v) is 7.32. The molecule has 3 N–H and O–H groups in total. The number of benzene rings is 1. The first-order valence-electron chi connectivity index (χ1n) is 6.16. The highest BCUT2D eigenvalue weighted by atomic mass is 32.2. The van der Waals surface area contributed by atoms with Gasteiger partial charge in [-0.15, -0.1) is 0 Å². The zero-order chi connectivity index (χ0) is 11.8. The maximum absolute atomic E-state index is 6.27. The second-order valence-electron chi connectivity index (χ2n) is 4.93. The van der Waals surface area contributed by atoms with Gasteiger partial charge in [-0.25, -0.2) is 0 Å². The van der Waals surface area contributed by atoms with E-state index in [0.717, 1.165) is 12.2 Å². The highest BCUT2D eigenvalue weighted by Gasteiger charge is 2.25. The lowest BCUT2D eigenvalue weighted by atomic mass is 9.91. The molecule has 2 unspecified atom stereocenters. The van der Waals surface area contributed by atoms with Crippen LogP contribution in [0.2, 0.25) is 0 Å². The maximum atomic E-state index is 6.27. The van der Waals surface area contributed by atoms with E-state index in [1.54, 1.807) is 0 Å². The zero-order valence-electron chi connectivity index (χ0n) is 10.1. The minimum atomic E-state index is 0.316. The molecule has 2 atom stereocenters. The molecule has 0 spiro atoms. The molecular formula is C14H18N2S. The van der Waals surface area contributed by atoms with E-state index >= 15 is 0 Å². The number of nitrogens with one attached hydrogen (secondary N) is 1. The van der Waals surface area contributed by atoms with Crippen LogP contribution in [0.5, 0.6) is 0 Å². The number of aromatic nitrogens is 1. The van der Waals surface area contributed by atoms with Gasteiger partial charge in [-0.1, -0.05) is 11.6 Å². The van der Waals surface area contributed by atoms with Gasteiger partial charge >= 0.3 is 0 Å². The fourth-order valence-corrected chi connectivity index (χ4v) is 3.92. The number of nitrogens with two attached hydrogens (primary N) is 1. The van der Waals surface area contributed by atoms with Crippen molar-refractivity contribution in [3.05, 3.63) is 35.5 Å². The Morgan fingerprint density at radius 3 is 3.12 bits per heavy atom. The molecule has 1 fully saturated rings. The second kappa shape index (κ2) is 4.39. The molecule has 2 aromatic rings. The van der Waals surface area contributed by atoms with Crippen molar-refractivity contribution in [2.24, 2.45) is 5.73 Å². The summed E-state index contributed by atoms with van der Waals surface area (Å²) in [4.78, 5) is 3.37. The highest BCUT2D eigenvalue weighted by Crippen LogP contribution is 2.34. The predicted molar refractivity (Wildman–Crippen MR) is 75.7 cm³/mol. The van der Waals surface area contributed by atoms with Crippen LogP contribution in [0, 0.1) is 6.92 Å². The Morgan fingerprint density at radius 1 is 1.41 bits per heavy atom. The number of aromatic amines is 1. The molecule has 2 nitrogen and oxygen atoms in total. The third-order valence-corrected chi connectivity index (χ3v) is 4.80. The third kappa shape index (κ3) is 1.98. The lowest BCUT2D eigenvalue weighted by Gasteiger charge is -2.28. The Morgan fingerprint density at radius 2 is 2.29 bits per heavy atom. The molecule has 0 radical (unpaired) electrons. The molecule has 3 heteroatoms. The van der Waals surface area contributed by atoms with Crippen molar-refractivity contribution < 1.29 is 0 Å². The van der Waals surface area contributed by atoms with Gasteiger partial charge in [0.2, 0.25) is 0 Å². The molecular weight excluding hydrogens is 228 g/mol. The Hall–Kier alpha value is -0.930. The van der Waals surface area contributed by atoms with Gasteiger partial charge < -0.3 is 10.7 Å². The van der Waals surface area contributed by atoms with Crippen LogP contribution in [0.1, 0.15) is 23.5 Å². The summed E-state index contributed by atoms with van der Waals surface area (Å²) in [5.74, 6) is 2.87. The molecule has 1 aliphatic rings.